The summed E-state index contributed by atoms with van der Waals surface area (Å²) in [6, 6.07) is 3.17. The zero-order valence-corrected chi connectivity index (χ0v) is 12.9. The molecule has 0 saturated carbocycles. The first-order valence-electron chi connectivity index (χ1n) is 6.18. The number of carboxylic acids is 1. The highest BCUT2D eigenvalue weighted by molar-refractivity contribution is 5.91. The van der Waals surface area contributed by atoms with Gasteiger partial charge in [0.05, 0.1) is 5.56 Å². The number of aliphatic carboxylic acids is 1. The maximum absolute atomic E-state index is 11.9. The van der Waals surface area contributed by atoms with Crippen molar-refractivity contribution < 1.29 is 19.4 Å². The first kappa shape index (κ1) is 18.4. The molecule has 1 rings (SSSR count). The lowest BCUT2D eigenvalue weighted by Crippen LogP contribution is -2.28. The molecule has 1 unspecified atom stereocenters. The van der Waals surface area contributed by atoms with Crippen LogP contribution in [0.2, 0.25) is 0 Å². The van der Waals surface area contributed by atoms with E-state index in [0.717, 1.165) is 0 Å². The highest BCUT2D eigenvalue weighted by Crippen LogP contribution is 2.13. The molecule has 6 heteroatoms. The van der Waals surface area contributed by atoms with Crippen LogP contribution in [0, 0.1) is 19.8 Å². The summed E-state index contributed by atoms with van der Waals surface area (Å²) in [6.07, 6.45) is -0.814. The first-order valence-corrected chi connectivity index (χ1v) is 6.18. The number of hydrogen-bond donors (Lipinski definition) is 1. The van der Waals surface area contributed by atoms with Crippen molar-refractivity contribution in [1.82, 2.24) is 4.98 Å². The SMILES string of the molecule is Cc1cc(C(=O)OC(CC(C)C)C(=O)O)cc(C)n1.Cl. The molecule has 20 heavy (non-hydrogen) atoms. The Labute approximate surface area is 124 Å². The molecule has 0 radical (unpaired) electrons. The minimum absolute atomic E-state index is 0. The summed E-state index contributed by atoms with van der Waals surface area (Å²) in [5.74, 6) is -1.61. The van der Waals surface area contributed by atoms with E-state index in [-0.39, 0.29) is 18.3 Å². The molecule has 0 aliphatic rings. The number of rotatable bonds is 5. The lowest BCUT2D eigenvalue weighted by molar-refractivity contribution is -0.148. The monoisotopic (exact) mass is 301 g/mol. The van der Waals surface area contributed by atoms with Crippen molar-refractivity contribution in [2.24, 2.45) is 5.92 Å². The summed E-state index contributed by atoms with van der Waals surface area (Å²) in [6.45, 7) is 7.30. The summed E-state index contributed by atoms with van der Waals surface area (Å²) in [4.78, 5) is 27.1. The highest BCUT2D eigenvalue weighted by atomic mass is 35.5. The van der Waals surface area contributed by atoms with Gasteiger partial charge in [0.15, 0.2) is 6.10 Å². The van der Waals surface area contributed by atoms with Gasteiger partial charge in [-0.25, -0.2) is 9.59 Å². The molecule has 0 fully saturated rings. The average molecular weight is 302 g/mol. The maximum Gasteiger partial charge on any atom is 0.345 e. The number of carbonyl (C=O) groups excluding carboxylic acids is 1. The topological polar surface area (TPSA) is 76.5 Å². The predicted molar refractivity (Wildman–Crippen MR) is 77.3 cm³/mol. The van der Waals surface area contributed by atoms with Gasteiger partial charge in [-0.05, 0) is 38.3 Å². The van der Waals surface area contributed by atoms with Gasteiger partial charge in [-0.3, -0.25) is 4.98 Å². The molecule has 1 atom stereocenters. The highest BCUT2D eigenvalue weighted by Gasteiger charge is 2.24. The molecule has 0 aliphatic heterocycles. The third-order valence-corrected chi connectivity index (χ3v) is 2.53. The van der Waals surface area contributed by atoms with Crippen molar-refractivity contribution in [3.63, 3.8) is 0 Å². The van der Waals surface area contributed by atoms with E-state index in [0.29, 0.717) is 23.4 Å². The van der Waals surface area contributed by atoms with Gasteiger partial charge in [0.25, 0.3) is 0 Å². The van der Waals surface area contributed by atoms with Crippen molar-refractivity contribution in [3.05, 3.63) is 29.1 Å². The van der Waals surface area contributed by atoms with E-state index in [1.54, 1.807) is 26.0 Å². The van der Waals surface area contributed by atoms with Gasteiger partial charge < -0.3 is 9.84 Å². The van der Waals surface area contributed by atoms with Crippen LogP contribution in [0.4, 0.5) is 0 Å². The number of esters is 1. The third-order valence-electron chi connectivity index (χ3n) is 2.53. The number of nitrogens with zero attached hydrogens (tertiary/aromatic N) is 1. The molecule has 0 amide bonds. The molecule has 0 bridgehead atoms. The van der Waals surface area contributed by atoms with Crippen molar-refractivity contribution in [2.45, 2.75) is 40.2 Å². The largest absolute Gasteiger partial charge is 0.479 e. The van der Waals surface area contributed by atoms with E-state index in [4.69, 9.17) is 9.84 Å². The standard InChI is InChI=1S/C14H19NO4.ClH/c1-8(2)5-12(13(16)17)19-14(18)11-6-9(3)15-10(4)7-11;/h6-8,12H,5H2,1-4H3,(H,16,17);1H. The second kappa shape index (κ2) is 7.85. The second-order valence-corrected chi connectivity index (χ2v) is 5.00. The number of ether oxygens (including phenoxy) is 1. The summed E-state index contributed by atoms with van der Waals surface area (Å²) in [7, 11) is 0. The maximum atomic E-state index is 11.9. The molecular weight excluding hydrogens is 282 g/mol. The Balaban J connectivity index is 0.00000361. The number of carbonyl (C=O) groups is 2. The van der Waals surface area contributed by atoms with Gasteiger partial charge in [-0.1, -0.05) is 13.8 Å². The fourth-order valence-electron chi connectivity index (χ4n) is 1.78. The predicted octanol–water partition coefficient (Wildman–Crippen LogP) is 2.78. The molecule has 1 heterocycles. The number of pyridine rings is 1. The zero-order valence-electron chi connectivity index (χ0n) is 12.0. The summed E-state index contributed by atoms with van der Waals surface area (Å²) < 4.78 is 5.05. The summed E-state index contributed by atoms with van der Waals surface area (Å²) in [5.41, 5.74) is 1.73. The van der Waals surface area contributed by atoms with Crippen molar-refractivity contribution in [1.29, 1.82) is 0 Å². The summed E-state index contributed by atoms with van der Waals surface area (Å²) in [5, 5.41) is 9.04. The molecule has 112 valence electrons. The van der Waals surface area contributed by atoms with E-state index in [9.17, 15) is 9.59 Å². The lowest BCUT2D eigenvalue weighted by Gasteiger charge is -2.15. The minimum Gasteiger partial charge on any atom is -0.479 e. The van der Waals surface area contributed by atoms with Crippen molar-refractivity contribution in [3.8, 4) is 0 Å². The van der Waals surface area contributed by atoms with Crippen LogP contribution >= 0.6 is 12.4 Å². The third kappa shape index (κ3) is 5.57. The Morgan fingerprint density at radius 1 is 1.25 bits per heavy atom. The van der Waals surface area contributed by atoms with Crippen LogP contribution in [0.5, 0.6) is 0 Å². The molecule has 0 spiro atoms. The fourth-order valence-corrected chi connectivity index (χ4v) is 1.78. The smallest absolute Gasteiger partial charge is 0.345 e. The number of carboxylic acid groups (broad SMARTS) is 1. The Bertz CT molecular complexity index is 468. The molecule has 0 saturated heterocycles. The van der Waals surface area contributed by atoms with Crippen LogP contribution in [0.15, 0.2) is 12.1 Å². The Hall–Kier alpha value is -1.62. The van der Waals surface area contributed by atoms with E-state index in [1.807, 2.05) is 13.8 Å². The number of aromatic nitrogens is 1. The Morgan fingerprint density at radius 2 is 1.75 bits per heavy atom. The van der Waals surface area contributed by atoms with Crippen LogP contribution in [-0.2, 0) is 9.53 Å². The number of aryl methyl sites for hydroxylation is 2. The van der Waals surface area contributed by atoms with Crippen LogP contribution in [0.3, 0.4) is 0 Å². The zero-order chi connectivity index (χ0) is 14.6. The molecular formula is C14H20ClNO4. The number of hydrogen-bond acceptors (Lipinski definition) is 4. The quantitative estimate of drug-likeness (QED) is 0.846. The van der Waals surface area contributed by atoms with Gasteiger partial charge >= 0.3 is 11.9 Å². The van der Waals surface area contributed by atoms with Gasteiger partial charge in [-0.15, -0.1) is 12.4 Å². The van der Waals surface area contributed by atoms with Crippen molar-refractivity contribution >= 4 is 24.3 Å². The van der Waals surface area contributed by atoms with Gasteiger partial charge in [-0.2, -0.15) is 0 Å². The normalized spacial score (nSPS) is 11.7. The molecule has 1 aromatic heterocycles. The molecule has 0 aromatic carbocycles. The molecule has 0 aliphatic carbocycles. The Morgan fingerprint density at radius 3 is 2.15 bits per heavy atom. The summed E-state index contributed by atoms with van der Waals surface area (Å²) >= 11 is 0. The van der Waals surface area contributed by atoms with E-state index in [2.05, 4.69) is 4.98 Å². The van der Waals surface area contributed by atoms with Gasteiger partial charge in [0.2, 0.25) is 0 Å². The van der Waals surface area contributed by atoms with Crippen LogP contribution in [0.1, 0.15) is 42.0 Å². The molecule has 1 N–H and O–H groups in total. The van der Waals surface area contributed by atoms with Crippen LogP contribution in [-0.4, -0.2) is 28.1 Å². The Kier molecular flexibility index (Phi) is 7.21. The van der Waals surface area contributed by atoms with Crippen LogP contribution in [0.25, 0.3) is 0 Å². The average Bonchev–Trinajstić information content (AvgIpc) is 2.25. The lowest BCUT2D eigenvalue weighted by atomic mass is 10.1. The van der Waals surface area contributed by atoms with Crippen LogP contribution < -0.4 is 0 Å². The van der Waals surface area contributed by atoms with Crippen molar-refractivity contribution in [2.75, 3.05) is 0 Å². The fraction of sp³-hybridized carbons (Fsp3) is 0.500. The number of halogens is 1. The van der Waals surface area contributed by atoms with Gasteiger partial charge in [0, 0.05) is 11.4 Å². The van der Waals surface area contributed by atoms with E-state index < -0.39 is 18.0 Å². The second-order valence-electron chi connectivity index (χ2n) is 5.00. The minimum atomic E-state index is -1.12. The van der Waals surface area contributed by atoms with E-state index >= 15 is 0 Å². The van der Waals surface area contributed by atoms with Gasteiger partial charge in [0.1, 0.15) is 0 Å². The first-order chi connectivity index (χ1) is 8.79. The molecule has 5 nitrogen and oxygen atoms in total. The van der Waals surface area contributed by atoms with E-state index in [1.165, 1.54) is 0 Å². The molecule has 1 aromatic rings.